The molecular weight excluding hydrogens is 537 g/mol. The molecule has 0 fully saturated rings. The molecule has 0 bridgehead atoms. The van der Waals surface area contributed by atoms with Crippen LogP contribution in [0.25, 0.3) is 22.0 Å². The Morgan fingerprint density at radius 1 is 1.11 bits per heavy atom. The molecule has 38 heavy (non-hydrogen) atoms. The molecule has 0 aliphatic rings. The molecule has 0 aliphatic carbocycles. The quantitative estimate of drug-likeness (QED) is 0.306. The lowest BCUT2D eigenvalue weighted by Crippen LogP contribution is -2.18. The van der Waals surface area contributed by atoms with Gasteiger partial charge in [0.15, 0.2) is 5.69 Å². The number of carbonyl (C=O) groups is 1. The van der Waals surface area contributed by atoms with Crippen LogP contribution in [0.4, 0.5) is 26.7 Å². The molecule has 14 heteroatoms. The van der Waals surface area contributed by atoms with E-state index in [1.807, 2.05) is 0 Å². The molecule has 1 N–H and O–H groups in total. The van der Waals surface area contributed by atoms with Gasteiger partial charge in [-0.1, -0.05) is 24.3 Å². The molecule has 4 rings (SSSR count). The van der Waals surface area contributed by atoms with Crippen LogP contribution in [0.5, 0.6) is 5.75 Å². The zero-order valence-electron chi connectivity index (χ0n) is 19.4. The van der Waals surface area contributed by atoms with Gasteiger partial charge in [-0.25, -0.2) is 17.2 Å². The second kappa shape index (κ2) is 10.3. The SMILES string of the molecule is CNC(=O)OCc1cn(S(=O)(=O)c2cccc(OC(F)F)c2)c2cc(-c3cccnc3C(F)(F)F)ccc12. The Hall–Kier alpha value is -4.20. The highest BCUT2D eigenvalue weighted by atomic mass is 32.2. The fourth-order valence-electron chi connectivity index (χ4n) is 3.75. The maximum Gasteiger partial charge on any atom is 0.433 e. The van der Waals surface area contributed by atoms with Crippen molar-refractivity contribution in [3.05, 3.63) is 78.2 Å². The fourth-order valence-corrected chi connectivity index (χ4v) is 5.17. The van der Waals surface area contributed by atoms with E-state index in [2.05, 4.69) is 15.0 Å². The number of hydrogen-bond acceptors (Lipinski definition) is 6. The van der Waals surface area contributed by atoms with Crippen molar-refractivity contribution in [3.63, 3.8) is 0 Å². The molecule has 0 saturated heterocycles. The number of nitrogens with zero attached hydrogens (tertiary/aromatic N) is 2. The minimum atomic E-state index is -4.78. The number of alkyl halides is 5. The highest BCUT2D eigenvalue weighted by Crippen LogP contribution is 2.37. The standard InChI is InChI=1S/C24H18F5N3O5S/c1-30-23(33)36-13-15-12-32(38(34,35)17-5-2-4-16(11-17)37-22(25)26)20-10-14(7-8-18(15)20)19-6-3-9-31-21(19)24(27,28)29/h2-12,22H,13H2,1H3,(H,30,33). The van der Waals surface area contributed by atoms with Gasteiger partial charge in [0.2, 0.25) is 0 Å². The van der Waals surface area contributed by atoms with Crippen molar-refractivity contribution >= 4 is 27.0 Å². The highest BCUT2D eigenvalue weighted by Gasteiger charge is 2.35. The molecule has 2 heterocycles. The molecule has 2 aromatic carbocycles. The van der Waals surface area contributed by atoms with Gasteiger partial charge in [0, 0.05) is 42.0 Å². The van der Waals surface area contributed by atoms with Crippen LogP contribution in [0.2, 0.25) is 0 Å². The molecule has 1 amide bonds. The second-order valence-corrected chi connectivity index (χ2v) is 9.58. The van der Waals surface area contributed by atoms with E-state index in [1.165, 1.54) is 43.4 Å². The van der Waals surface area contributed by atoms with E-state index in [0.29, 0.717) is 0 Å². The third-order valence-corrected chi connectivity index (χ3v) is 7.06. The number of halogens is 5. The molecule has 4 aromatic rings. The van der Waals surface area contributed by atoms with Crippen molar-refractivity contribution in [1.82, 2.24) is 14.3 Å². The van der Waals surface area contributed by atoms with E-state index >= 15 is 0 Å². The lowest BCUT2D eigenvalue weighted by atomic mass is 10.0. The second-order valence-electron chi connectivity index (χ2n) is 7.76. The lowest BCUT2D eigenvalue weighted by molar-refractivity contribution is -0.140. The number of nitrogens with one attached hydrogen (secondary N) is 1. The highest BCUT2D eigenvalue weighted by molar-refractivity contribution is 7.90. The maximum atomic E-state index is 13.6. The summed E-state index contributed by atoms with van der Waals surface area (Å²) in [6.07, 6.45) is -3.45. The maximum absolute atomic E-state index is 13.6. The first-order valence-corrected chi connectivity index (χ1v) is 12.2. The van der Waals surface area contributed by atoms with E-state index in [1.54, 1.807) is 0 Å². The van der Waals surface area contributed by atoms with E-state index in [9.17, 15) is 35.2 Å². The van der Waals surface area contributed by atoms with E-state index in [4.69, 9.17) is 4.74 Å². The normalized spacial score (nSPS) is 12.1. The van der Waals surface area contributed by atoms with Crippen molar-refractivity contribution in [3.8, 4) is 16.9 Å². The van der Waals surface area contributed by atoms with Gasteiger partial charge in [0.25, 0.3) is 10.0 Å². The molecule has 0 radical (unpaired) electrons. The summed E-state index contributed by atoms with van der Waals surface area (Å²) in [6, 6.07) is 10.8. The van der Waals surface area contributed by atoms with Crippen molar-refractivity contribution in [2.75, 3.05) is 7.05 Å². The summed E-state index contributed by atoms with van der Waals surface area (Å²) in [4.78, 5) is 14.6. The number of fused-ring (bicyclic) bond motifs is 1. The van der Waals surface area contributed by atoms with Crippen molar-refractivity contribution in [2.24, 2.45) is 0 Å². The van der Waals surface area contributed by atoms with Crippen LogP contribution in [0.1, 0.15) is 11.3 Å². The van der Waals surface area contributed by atoms with Crippen LogP contribution in [0, 0.1) is 0 Å². The predicted molar refractivity (Wildman–Crippen MR) is 125 cm³/mol. The molecule has 8 nitrogen and oxygen atoms in total. The summed E-state index contributed by atoms with van der Waals surface area (Å²) in [5.41, 5.74) is -1.26. The minimum Gasteiger partial charge on any atom is -0.445 e. The molecule has 0 atom stereocenters. The first-order valence-electron chi connectivity index (χ1n) is 10.7. The van der Waals surface area contributed by atoms with Crippen LogP contribution in [-0.4, -0.2) is 37.1 Å². The van der Waals surface area contributed by atoms with Crippen LogP contribution in [-0.2, 0) is 27.5 Å². The van der Waals surface area contributed by atoms with Gasteiger partial charge in [-0.3, -0.25) is 4.98 Å². The van der Waals surface area contributed by atoms with Crippen LogP contribution in [0.3, 0.4) is 0 Å². The van der Waals surface area contributed by atoms with E-state index in [0.717, 1.165) is 34.6 Å². The Balaban J connectivity index is 1.92. The predicted octanol–water partition coefficient (Wildman–Crippen LogP) is 5.42. The number of rotatable bonds is 7. The summed E-state index contributed by atoms with van der Waals surface area (Å²) in [6.45, 7) is -3.56. The van der Waals surface area contributed by atoms with Gasteiger partial charge in [0.05, 0.1) is 10.4 Å². The van der Waals surface area contributed by atoms with Gasteiger partial charge in [-0.2, -0.15) is 22.0 Å². The number of benzene rings is 2. The smallest absolute Gasteiger partial charge is 0.433 e. The van der Waals surface area contributed by atoms with Crippen LogP contribution < -0.4 is 10.1 Å². The molecular formula is C24H18F5N3O5S. The lowest BCUT2D eigenvalue weighted by Gasteiger charge is -2.13. The Morgan fingerprint density at radius 3 is 2.55 bits per heavy atom. The number of ether oxygens (including phenoxy) is 2. The summed E-state index contributed by atoms with van der Waals surface area (Å²) in [7, 11) is -3.16. The topological polar surface area (TPSA) is 99.5 Å². The summed E-state index contributed by atoms with van der Waals surface area (Å²) in [5, 5.41) is 2.51. The molecule has 200 valence electrons. The molecule has 0 saturated carbocycles. The van der Waals surface area contributed by atoms with Crippen molar-refractivity contribution < 1.29 is 44.6 Å². The average molecular weight is 555 g/mol. The van der Waals surface area contributed by atoms with Crippen LogP contribution >= 0.6 is 0 Å². The zero-order valence-corrected chi connectivity index (χ0v) is 20.2. The number of amides is 1. The molecule has 0 aliphatic heterocycles. The third-order valence-electron chi connectivity index (χ3n) is 5.39. The first-order chi connectivity index (χ1) is 17.9. The number of carbonyl (C=O) groups excluding carboxylic acids is 1. The Morgan fingerprint density at radius 2 is 1.87 bits per heavy atom. The Bertz CT molecular complexity index is 1600. The molecule has 0 unspecified atom stereocenters. The zero-order chi connectivity index (χ0) is 27.7. The summed E-state index contributed by atoms with van der Waals surface area (Å²) in [5.74, 6) is -0.411. The Labute approximate surface area is 212 Å². The summed E-state index contributed by atoms with van der Waals surface area (Å²) >= 11 is 0. The fraction of sp³-hybridized carbons (Fsp3) is 0.167. The number of aromatic nitrogens is 2. The van der Waals surface area contributed by atoms with Gasteiger partial charge >= 0.3 is 18.9 Å². The van der Waals surface area contributed by atoms with Gasteiger partial charge in [0.1, 0.15) is 12.4 Å². The Kier molecular flexibility index (Phi) is 7.26. The van der Waals surface area contributed by atoms with Gasteiger partial charge < -0.3 is 14.8 Å². The van der Waals surface area contributed by atoms with Crippen molar-refractivity contribution in [1.29, 1.82) is 0 Å². The molecule has 2 aromatic heterocycles. The van der Waals surface area contributed by atoms with E-state index < -0.39 is 45.2 Å². The number of alkyl carbamates (subject to hydrolysis) is 1. The monoisotopic (exact) mass is 555 g/mol. The largest absolute Gasteiger partial charge is 0.445 e. The summed E-state index contributed by atoms with van der Waals surface area (Å²) < 4.78 is 103. The number of pyridine rings is 1. The number of hydrogen-bond donors (Lipinski definition) is 1. The minimum absolute atomic E-state index is 0.0148. The van der Waals surface area contributed by atoms with E-state index in [-0.39, 0.29) is 34.2 Å². The van der Waals surface area contributed by atoms with Crippen LogP contribution in [0.15, 0.2) is 71.9 Å². The van der Waals surface area contributed by atoms with Gasteiger partial charge in [-0.15, -0.1) is 0 Å². The third kappa shape index (κ3) is 5.39. The van der Waals surface area contributed by atoms with Gasteiger partial charge in [-0.05, 0) is 29.8 Å². The molecule has 0 spiro atoms. The average Bonchev–Trinajstić information content (AvgIpc) is 3.25. The van der Waals surface area contributed by atoms with Crippen molar-refractivity contribution in [2.45, 2.75) is 24.3 Å². The first kappa shape index (κ1) is 26.9.